The molecule has 4 rings (SSSR count). The molecule has 2 aromatic rings. The fourth-order valence-electron chi connectivity index (χ4n) is 3.95. The van der Waals surface area contributed by atoms with Gasteiger partial charge in [0.05, 0.1) is 10.9 Å². The van der Waals surface area contributed by atoms with Gasteiger partial charge in [-0.15, -0.1) is 0 Å². The third-order valence-corrected chi connectivity index (χ3v) is 7.17. The van der Waals surface area contributed by atoms with Crippen molar-refractivity contribution < 1.29 is 18.0 Å². The number of nitrogens with zero attached hydrogens (tertiary/aromatic N) is 2. The molecule has 0 saturated carbocycles. The van der Waals surface area contributed by atoms with Crippen LogP contribution in [0.3, 0.4) is 0 Å². The van der Waals surface area contributed by atoms with E-state index < -0.39 is 22.0 Å². The lowest BCUT2D eigenvalue weighted by atomic mass is 10.2. The molecule has 0 aromatic heterocycles. The Morgan fingerprint density at radius 1 is 1.00 bits per heavy atom. The van der Waals surface area contributed by atoms with Crippen molar-refractivity contribution in [2.75, 3.05) is 29.9 Å². The number of fused-ring (bicyclic) bond motifs is 1. The third kappa shape index (κ3) is 4.57. The molecule has 2 aliphatic rings. The highest BCUT2D eigenvalue weighted by Crippen LogP contribution is 2.31. The van der Waals surface area contributed by atoms with Gasteiger partial charge in [0.25, 0.3) is 0 Å². The van der Waals surface area contributed by atoms with E-state index >= 15 is 0 Å². The summed E-state index contributed by atoms with van der Waals surface area (Å²) in [4.78, 5) is 28.8. The SMILES string of the molecule is C[C@@H](NS(=O)(=O)c1ccc2c(c1)CCN2C(=O)N1CCCC1)C(=O)Nc1ccccc1. The van der Waals surface area contributed by atoms with Crippen molar-refractivity contribution in [3.8, 4) is 0 Å². The van der Waals surface area contributed by atoms with E-state index in [-0.39, 0.29) is 10.9 Å². The van der Waals surface area contributed by atoms with Gasteiger partial charge in [-0.25, -0.2) is 13.2 Å². The van der Waals surface area contributed by atoms with Crippen molar-refractivity contribution >= 4 is 33.3 Å². The molecule has 2 aliphatic heterocycles. The number of hydrogen-bond acceptors (Lipinski definition) is 4. The number of amides is 3. The van der Waals surface area contributed by atoms with Crippen LogP contribution in [0.1, 0.15) is 25.3 Å². The molecule has 8 nitrogen and oxygen atoms in total. The molecule has 0 bridgehead atoms. The molecule has 0 radical (unpaired) electrons. The van der Waals surface area contributed by atoms with E-state index in [2.05, 4.69) is 10.0 Å². The highest BCUT2D eigenvalue weighted by molar-refractivity contribution is 7.89. The maximum absolute atomic E-state index is 12.8. The molecule has 1 atom stereocenters. The van der Waals surface area contributed by atoms with E-state index in [0.29, 0.717) is 18.7 Å². The number of rotatable bonds is 5. The normalized spacial score (nSPS) is 16.8. The predicted molar refractivity (Wildman–Crippen MR) is 119 cm³/mol. The van der Waals surface area contributed by atoms with Crippen molar-refractivity contribution in [2.24, 2.45) is 0 Å². The Hall–Kier alpha value is -2.91. The first-order valence-corrected chi connectivity index (χ1v) is 11.9. The van der Waals surface area contributed by atoms with Crippen LogP contribution in [-0.4, -0.2) is 50.9 Å². The average molecular weight is 443 g/mol. The molecule has 2 N–H and O–H groups in total. The van der Waals surface area contributed by atoms with Crippen LogP contribution in [0.25, 0.3) is 0 Å². The van der Waals surface area contributed by atoms with E-state index in [1.54, 1.807) is 41.3 Å². The maximum Gasteiger partial charge on any atom is 0.324 e. The van der Waals surface area contributed by atoms with Crippen molar-refractivity contribution in [3.63, 3.8) is 0 Å². The molecule has 3 amide bonds. The van der Waals surface area contributed by atoms with Crippen LogP contribution in [0.15, 0.2) is 53.4 Å². The molecule has 0 unspecified atom stereocenters. The lowest BCUT2D eigenvalue weighted by molar-refractivity contribution is -0.117. The van der Waals surface area contributed by atoms with Gasteiger partial charge in [-0.1, -0.05) is 18.2 Å². The number of carbonyl (C=O) groups is 2. The zero-order valence-electron chi connectivity index (χ0n) is 17.4. The van der Waals surface area contributed by atoms with Crippen LogP contribution in [-0.2, 0) is 21.2 Å². The van der Waals surface area contributed by atoms with Crippen LogP contribution in [0.2, 0.25) is 0 Å². The molecule has 0 aliphatic carbocycles. The number of para-hydroxylation sites is 1. The summed E-state index contributed by atoms with van der Waals surface area (Å²) >= 11 is 0. The summed E-state index contributed by atoms with van der Waals surface area (Å²) in [5, 5.41) is 2.69. The maximum atomic E-state index is 12.8. The van der Waals surface area contributed by atoms with Gasteiger partial charge in [0.1, 0.15) is 0 Å². The Balaban J connectivity index is 1.45. The summed E-state index contributed by atoms with van der Waals surface area (Å²) in [6.45, 7) is 3.57. The third-order valence-electron chi connectivity index (χ3n) is 5.63. The zero-order chi connectivity index (χ0) is 22.0. The summed E-state index contributed by atoms with van der Waals surface area (Å²) in [6, 6.07) is 12.6. The van der Waals surface area contributed by atoms with Crippen molar-refractivity contribution in [1.82, 2.24) is 9.62 Å². The number of benzene rings is 2. The van der Waals surface area contributed by atoms with Crippen molar-refractivity contribution in [3.05, 3.63) is 54.1 Å². The van der Waals surface area contributed by atoms with Crippen LogP contribution in [0.5, 0.6) is 0 Å². The second-order valence-electron chi connectivity index (χ2n) is 7.87. The summed E-state index contributed by atoms with van der Waals surface area (Å²) in [5.74, 6) is -0.446. The van der Waals surface area contributed by atoms with Crippen LogP contribution in [0, 0.1) is 0 Å². The highest BCUT2D eigenvalue weighted by atomic mass is 32.2. The minimum absolute atomic E-state index is 0.0174. The number of hydrogen-bond donors (Lipinski definition) is 2. The molecule has 1 saturated heterocycles. The second kappa shape index (κ2) is 8.68. The number of nitrogens with one attached hydrogen (secondary N) is 2. The molecule has 0 spiro atoms. The van der Waals surface area contributed by atoms with Gasteiger partial charge >= 0.3 is 6.03 Å². The van der Waals surface area contributed by atoms with Crippen LogP contribution < -0.4 is 14.9 Å². The van der Waals surface area contributed by atoms with Gasteiger partial charge in [0, 0.05) is 31.0 Å². The van der Waals surface area contributed by atoms with E-state index in [0.717, 1.165) is 37.2 Å². The lowest BCUT2D eigenvalue weighted by Crippen LogP contribution is -2.41. The summed E-state index contributed by atoms with van der Waals surface area (Å²) in [6.07, 6.45) is 2.64. The Bertz CT molecular complexity index is 1080. The summed E-state index contributed by atoms with van der Waals surface area (Å²) in [5.41, 5.74) is 2.17. The van der Waals surface area contributed by atoms with Gasteiger partial charge < -0.3 is 10.2 Å². The number of carbonyl (C=O) groups excluding carboxylic acids is 2. The van der Waals surface area contributed by atoms with E-state index in [1.165, 1.54) is 13.0 Å². The van der Waals surface area contributed by atoms with E-state index in [4.69, 9.17) is 0 Å². The quantitative estimate of drug-likeness (QED) is 0.744. The van der Waals surface area contributed by atoms with Gasteiger partial charge in [-0.3, -0.25) is 9.69 Å². The smallest absolute Gasteiger partial charge is 0.324 e. The first kappa shape index (κ1) is 21.3. The minimum atomic E-state index is -3.90. The number of urea groups is 1. The second-order valence-corrected chi connectivity index (χ2v) is 9.58. The summed E-state index contributed by atoms with van der Waals surface area (Å²) in [7, 11) is -3.90. The zero-order valence-corrected chi connectivity index (χ0v) is 18.2. The molecular weight excluding hydrogens is 416 g/mol. The standard InChI is InChI=1S/C22H26N4O4S/c1-16(21(27)23-18-7-3-2-4-8-18)24-31(29,30)19-9-10-20-17(15-19)11-14-26(20)22(28)25-12-5-6-13-25/h2-4,7-10,15-16,24H,5-6,11-14H2,1H3,(H,23,27)/t16-/m1/s1. The Labute approximate surface area is 182 Å². The Kier molecular flexibility index (Phi) is 5.97. The largest absolute Gasteiger partial charge is 0.325 e. The molecule has 2 aromatic carbocycles. The fraction of sp³-hybridized carbons (Fsp3) is 0.364. The minimum Gasteiger partial charge on any atom is -0.325 e. The number of anilines is 2. The van der Waals surface area contributed by atoms with Crippen molar-refractivity contribution in [2.45, 2.75) is 37.1 Å². The lowest BCUT2D eigenvalue weighted by Gasteiger charge is -2.24. The molecule has 164 valence electrons. The van der Waals surface area contributed by atoms with Gasteiger partial charge in [0.2, 0.25) is 15.9 Å². The monoisotopic (exact) mass is 442 g/mol. The van der Waals surface area contributed by atoms with Gasteiger partial charge in [-0.05, 0) is 62.1 Å². The van der Waals surface area contributed by atoms with E-state index in [9.17, 15) is 18.0 Å². The van der Waals surface area contributed by atoms with Crippen LogP contribution in [0.4, 0.5) is 16.2 Å². The average Bonchev–Trinajstić information content (AvgIpc) is 3.43. The Morgan fingerprint density at radius 2 is 1.71 bits per heavy atom. The van der Waals surface area contributed by atoms with Gasteiger partial charge in [0.15, 0.2) is 0 Å². The van der Waals surface area contributed by atoms with Crippen molar-refractivity contribution in [1.29, 1.82) is 0 Å². The molecule has 31 heavy (non-hydrogen) atoms. The number of sulfonamides is 1. The summed E-state index contributed by atoms with van der Waals surface area (Å²) < 4.78 is 28.1. The predicted octanol–water partition coefficient (Wildman–Crippen LogP) is 2.57. The van der Waals surface area contributed by atoms with Crippen LogP contribution >= 0.6 is 0 Å². The topological polar surface area (TPSA) is 98.8 Å². The molecule has 2 heterocycles. The first-order valence-electron chi connectivity index (χ1n) is 10.4. The van der Waals surface area contributed by atoms with E-state index in [1.807, 2.05) is 11.0 Å². The molecular formula is C22H26N4O4S. The molecule has 9 heteroatoms. The fourth-order valence-corrected chi connectivity index (χ4v) is 5.20. The highest BCUT2D eigenvalue weighted by Gasteiger charge is 2.31. The van der Waals surface area contributed by atoms with Gasteiger partial charge in [-0.2, -0.15) is 4.72 Å². The first-order chi connectivity index (χ1) is 14.8. The molecule has 1 fully saturated rings. The Morgan fingerprint density at radius 3 is 2.42 bits per heavy atom. The number of likely N-dealkylation sites (tertiary alicyclic amines) is 1.